The minimum Gasteiger partial charge on any atom is -0.464 e. The Morgan fingerprint density at radius 1 is 1.37 bits per heavy atom. The number of nitrogens with zero attached hydrogens (tertiary/aromatic N) is 2. The normalized spacial score (nSPS) is 9.68. The fourth-order valence-corrected chi connectivity index (χ4v) is 1.47. The molecular formula is C14H13N3O2. The van der Waals surface area contributed by atoms with Gasteiger partial charge < -0.3 is 15.2 Å². The highest BCUT2D eigenvalue weighted by Gasteiger charge is 2.01. The lowest BCUT2D eigenvalue weighted by Gasteiger charge is -2.07. The highest BCUT2D eigenvalue weighted by atomic mass is 16.5. The molecule has 0 bridgehead atoms. The van der Waals surface area contributed by atoms with Gasteiger partial charge in [-0.05, 0) is 17.7 Å². The number of anilines is 2. The van der Waals surface area contributed by atoms with Gasteiger partial charge in [0.15, 0.2) is 6.61 Å². The molecule has 0 radical (unpaired) electrons. The Hall–Kier alpha value is -2.58. The molecule has 2 aromatic rings. The zero-order valence-electron chi connectivity index (χ0n) is 10.2. The van der Waals surface area contributed by atoms with E-state index in [1.165, 1.54) is 0 Å². The molecule has 0 aliphatic heterocycles. The van der Waals surface area contributed by atoms with E-state index < -0.39 is 0 Å². The highest BCUT2D eigenvalue weighted by molar-refractivity contribution is 5.54. The van der Waals surface area contributed by atoms with Crippen LogP contribution in [-0.4, -0.2) is 21.7 Å². The lowest BCUT2D eigenvalue weighted by atomic mass is 10.2. The predicted octanol–water partition coefficient (Wildman–Crippen LogP) is 1.72. The van der Waals surface area contributed by atoms with Gasteiger partial charge in [0.05, 0.1) is 6.61 Å². The highest BCUT2D eigenvalue weighted by Crippen LogP contribution is 2.16. The van der Waals surface area contributed by atoms with Crippen LogP contribution in [0.3, 0.4) is 0 Å². The maximum atomic E-state index is 9.07. The number of aromatic nitrogens is 2. The van der Waals surface area contributed by atoms with Crippen LogP contribution >= 0.6 is 0 Å². The average molecular weight is 255 g/mol. The van der Waals surface area contributed by atoms with Gasteiger partial charge in [0.2, 0.25) is 11.8 Å². The van der Waals surface area contributed by atoms with Gasteiger partial charge in [-0.3, -0.25) is 0 Å². The third kappa shape index (κ3) is 3.69. The second kappa shape index (κ2) is 6.38. The van der Waals surface area contributed by atoms with Crippen molar-refractivity contribution in [3.05, 3.63) is 42.1 Å². The summed E-state index contributed by atoms with van der Waals surface area (Å²) in [4.78, 5) is 8.24. The number of benzene rings is 1. The first-order chi connectivity index (χ1) is 9.31. The smallest absolute Gasteiger partial charge is 0.230 e. The summed E-state index contributed by atoms with van der Waals surface area (Å²) in [7, 11) is 0. The molecule has 5 nitrogen and oxygen atoms in total. The van der Waals surface area contributed by atoms with Crippen molar-refractivity contribution in [1.29, 1.82) is 0 Å². The Morgan fingerprint density at radius 3 is 3.05 bits per heavy atom. The van der Waals surface area contributed by atoms with Gasteiger partial charge >= 0.3 is 0 Å². The minimum absolute atomic E-state index is 0.0122. The van der Waals surface area contributed by atoms with Crippen LogP contribution in [0.1, 0.15) is 5.56 Å². The van der Waals surface area contributed by atoms with E-state index >= 15 is 0 Å². The van der Waals surface area contributed by atoms with E-state index in [0.717, 1.165) is 11.3 Å². The SMILES string of the molecule is C#CCOc1ccnc(Nc2cccc(CO)c2)n1. The van der Waals surface area contributed by atoms with Crippen LogP contribution < -0.4 is 10.1 Å². The second-order valence-electron chi connectivity index (χ2n) is 3.69. The third-order valence-corrected chi connectivity index (χ3v) is 2.30. The molecule has 5 heteroatoms. The van der Waals surface area contributed by atoms with Crippen LogP contribution in [0.4, 0.5) is 11.6 Å². The minimum atomic E-state index is -0.0122. The molecule has 0 aliphatic rings. The summed E-state index contributed by atoms with van der Waals surface area (Å²) in [5, 5.41) is 12.1. The Balaban J connectivity index is 2.12. The molecule has 0 fully saturated rings. The number of terminal acetylenes is 1. The number of aliphatic hydroxyl groups is 1. The number of hydrogen-bond acceptors (Lipinski definition) is 5. The van der Waals surface area contributed by atoms with Crippen molar-refractivity contribution < 1.29 is 9.84 Å². The summed E-state index contributed by atoms with van der Waals surface area (Å²) in [6.07, 6.45) is 6.69. The molecule has 19 heavy (non-hydrogen) atoms. The summed E-state index contributed by atoms with van der Waals surface area (Å²) in [5.41, 5.74) is 1.60. The van der Waals surface area contributed by atoms with Gasteiger partial charge in [0, 0.05) is 18.0 Å². The number of aliphatic hydroxyl groups excluding tert-OH is 1. The van der Waals surface area contributed by atoms with Crippen LogP contribution in [0.5, 0.6) is 5.88 Å². The van der Waals surface area contributed by atoms with Crippen LogP contribution in [-0.2, 0) is 6.61 Å². The second-order valence-corrected chi connectivity index (χ2v) is 3.69. The van der Waals surface area contributed by atoms with Gasteiger partial charge in [0.25, 0.3) is 0 Å². The fourth-order valence-electron chi connectivity index (χ4n) is 1.47. The van der Waals surface area contributed by atoms with Gasteiger partial charge in [-0.15, -0.1) is 6.42 Å². The monoisotopic (exact) mass is 255 g/mol. The molecule has 0 amide bonds. The van der Waals surface area contributed by atoms with Gasteiger partial charge in [-0.2, -0.15) is 4.98 Å². The first-order valence-corrected chi connectivity index (χ1v) is 5.68. The van der Waals surface area contributed by atoms with Gasteiger partial charge in [0.1, 0.15) is 0 Å². The Morgan fingerprint density at radius 2 is 2.26 bits per heavy atom. The predicted molar refractivity (Wildman–Crippen MR) is 72.0 cm³/mol. The maximum absolute atomic E-state index is 9.07. The Bertz CT molecular complexity index is 593. The zero-order chi connectivity index (χ0) is 13.5. The standard InChI is InChI=1S/C14H13N3O2/c1-2-8-19-13-6-7-15-14(17-13)16-12-5-3-4-11(9-12)10-18/h1,3-7,9,18H,8,10H2,(H,15,16,17). The molecule has 0 saturated heterocycles. The molecule has 96 valence electrons. The van der Waals surface area contributed by atoms with E-state index in [0.29, 0.717) is 11.8 Å². The molecule has 1 aromatic heterocycles. The van der Waals surface area contributed by atoms with Crippen LogP contribution in [0, 0.1) is 12.3 Å². The van der Waals surface area contributed by atoms with E-state index in [9.17, 15) is 0 Å². The Kier molecular flexibility index (Phi) is 4.32. The third-order valence-electron chi connectivity index (χ3n) is 2.30. The molecular weight excluding hydrogens is 242 g/mol. The molecule has 0 aliphatic carbocycles. The molecule has 2 rings (SSSR count). The van der Waals surface area contributed by atoms with E-state index in [-0.39, 0.29) is 13.2 Å². The van der Waals surface area contributed by atoms with Gasteiger partial charge in [-0.25, -0.2) is 4.98 Å². The first kappa shape index (κ1) is 12.9. The average Bonchev–Trinajstić information content (AvgIpc) is 2.46. The molecule has 1 heterocycles. The van der Waals surface area contributed by atoms with E-state index in [1.807, 2.05) is 24.3 Å². The molecule has 0 atom stereocenters. The maximum Gasteiger partial charge on any atom is 0.230 e. The summed E-state index contributed by atoms with van der Waals surface area (Å²) in [5.74, 6) is 3.19. The van der Waals surface area contributed by atoms with E-state index in [2.05, 4.69) is 21.2 Å². The van der Waals surface area contributed by atoms with Crippen molar-refractivity contribution >= 4 is 11.6 Å². The number of nitrogens with one attached hydrogen (secondary N) is 1. The van der Waals surface area contributed by atoms with Crippen molar-refractivity contribution in [2.75, 3.05) is 11.9 Å². The lowest BCUT2D eigenvalue weighted by molar-refractivity contribution is 0.282. The molecule has 1 aromatic carbocycles. The molecule has 0 spiro atoms. The fraction of sp³-hybridized carbons (Fsp3) is 0.143. The van der Waals surface area contributed by atoms with Crippen molar-refractivity contribution in [2.24, 2.45) is 0 Å². The van der Waals surface area contributed by atoms with E-state index in [1.54, 1.807) is 12.3 Å². The van der Waals surface area contributed by atoms with Crippen LogP contribution in [0.25, 0.3) is 0 Å². The van der Waals surface area contributed by atoms with Crippen molar-refractivity contribution in [3.63, 3.8) is 0 Å². The summed E-state index contributed by atoms with van der Waals surface area (Å²) < 4.78 is 5.21. The molecule has 0 unspecified atom stereocenters. The van der Waals surface area contributed by atoms with E-state index in [4.69, 9.17) is 16.3 Å². The van der Waals surface area contributed by atoms with Crippen molar-refractivity contribution in [3.8, 4) is 18.2 Å². The summed E-state index contributed by atoms with van der Waals surface area (Å²) >= 11 is 0. The van der Waals surface area contributed by atoms with Crippen molar-refractivity contribution in [1.82, 2.24) is 9.97 Å². The van der Waals surface area contributed by atoms with Crippen LogP contribution in [0.15, 0.2) is 36.5 Å². The van der Waals surface area contributed by atoms with Crippen molar-refractivity contribution in [2.45, 2.75) is 6.61 Å². The van der Waals surface area contributed by atoms with Crippen LogP contribution in [0.2, 0.25) is 0 Å². The number of rotatable bonds is 5. The molecule has 2 N–H and O–H groups in total. The largest absolute Gasteiger partial charge is 0.464 e. The molecule has 0 saturated carbocycles. The Labute approximate surface area is 111 Å². The number of ether oxygens (including phenoxy) is 1. The summed E-state index contributed by atoms with van der Waals surface area (Å²) in [6.45, 7) is 0.151. The quantitative estimate of drug-likeness (QED) is 0.796. The number of hydrogen-bond donors (Lipinski definition) is 2. The first-order valence-electron chi connectivity index (χ1n) is 5.68. The lowest BCUT2D eigenvalue weighted by Crippen LogP contribution is -2.01. The zero-order valence-corrected chi connectivity index (χ0v) is 10.2. The topological polar surface area (TPSA) is 67.3 Å². The summed E-state index contributed by atoms with van der Waals surface area (Å²) in [6, 6.07) is 8.98. The van der Waals surface area contributed by atoms with Gasteiger partial charge in [-0.1, -0.05) is 18.1 Å².